The first-order chi connectivity index (χ1) is 9.36. The molecule has 5 heteroatoms. The van der Waals surface area contributed by atoms with Crippen LogP contribution in [-0.4, -0.2) is 44.4 Å². The van der Waals surface area contributed by atoms with Crippen LogP contribution >= 0.6 is 0 Å². The molecule has 3 fully saturated rings. The molecule has 0 bridgehead atoms. The molecule has 0 unspecified atom stereocenters. The van der Waals surface area contributed by atoms with Gasteiger partial charge in [-0.25, -0.2) is 0 Å². The van der Waals surface area contributed by atoms with Gasteiger partial charge < -0.3 is 23.7 Å². The normalized spacial score (nSPS) is 44.3. The maximum Gasteiger partial charge on any atom is 0.186 e. The molecule has 102 valence electrons. The molecule has 1 aromatic rings. The fourth-order valence-electron chi connectivity index (χ4n) is 2.80. The van der Waals surface area contributed by atoms with Crippen molar-refractivity contribution in [3.8, 4) is 0 Å². The van der Waals surface area contributed by atoms with Gasteiger partial charge in [-0.3, -0.25) is 0 Å². The maximum atomic E-state index is 6.00. The lowest BCUT2D eigenvalue weighted by molar-refractivity contribution is -0.304. The van der Waals surface area contributed by atoms with Crippen LogP contribution < -0.4 is 0 Å². The molecule has 0 spiro atoms. The minimum absolute atomic E-state index is 0.000716. The third-order valence-corrected chi connectivity index (χ3v) is 3.83. The van der Waals surface area contributed by atoms with Crippen LogP contribution in [0.3, 0.4) is 0 Å². The average molecular weight is 264 g/mol. The number of fused-ring (bicyclic) bond motifs is 3. The van der Waals surface area contributed by atoms with Crippen molar-refractivity contribution in [3.05, 3.63) is 35.9 Å². The summed E-state index contributed by atoms with van der Waals surface area (Å²) in [5, 5.41) is 0. The van der Waals surface area contributed by atoms with Crippen molar-refractivity contribution in [2.75, 3.05) is 13.7 Å². The van der Waals surface area contributed by atoms with Crippen molar-refractivity contribution in [2.45, 2.75) is 37.0 Å². The molecular formula is C14H16O5. The zero-order valence-electron chi connectivity index (χ0n) is 10.6. The van der Waals surface area contributed by atoms with E-state index in [1.165, 1.54) is 0 Å². The topological polar surface area (TPSA) is 49.5 Å². The zero-order valence-corrected chi connectivity index (χ0v) is 10.6. The Labute approximate surface area is 111 Å². The Morgan fingerprint density at radius 1 is 1.00 bits per heavy atom. The van der Waals surface area contributed by atoms with Gasteiger partial charge in [0.1, 0.15) is 24.4 Å². The molecule has 3 aliphatic rings. The molecule has 4 rings (SSSR count). The quantitative estimate of drug-likeness (QED) is 0.752. The van der Waals surface area contributed by atoms with Gasteiger partial charge in [-0.2, -0.15) is 0 Å². The summed E-state index contributed by atoms with van der Waals surface area (Å²) >= 11 is 0. The SMILES string of the molecule is CO[C@@H]1O[C@H]2CO[C@H](c3ccccc3)O[C@@H]2[C@@H]2O[C@@H]12. The smallest absolute Gasteiger partial charge is 0.186 e. The van der Waals surface area contributed by atoms with Crippen molar-refractivity contribution >= 4 is 0 Å². The summed E-state index contributed by atoms with van der Waals surface area (Å²) in [5.41, 5.74) is 1.02. The lowest BCUT2D eigenvalue weighted by atomic mass is 10.0. The molecule has 3 heterocycles. The summed E-state index contributed by atoms with van der Waals surface area (Å²) in [6.07, 6.45) is -0.759. The highest BCUT2D eigenvalue weighted by Gasteiger charge is 2.60. The van der Waals surface area contributed by atoms with Crippen molar-refractivity contribution in [1.29, 1.82) is 0 Å². The van der Waals surface area contributed by atoms with Gasteiger partial charge in [0.2, 0.25) is 0 Å². The van der Waals surface area contributed by atoms with Gasteiger partial charge in [0.15, 0.2) is 12.6 Å². The second kappa shape index (κ2) is 4.54. The Hall–Kier alpha value is -0.980. The molecule has 6 atom stereocenters. The third-order valence-electron chi connectivity index (χ3n) is 3.83. The fraction of sp³-hybridized carbons (Fsp3) is 0.571. The van der Waals surface area contributed by atoms with Crippen LogP contribution in [0.15, 0.2) is 30.3 Å². The van der Waals surface area contributed by atoms with E-state index in [0.717, 1.165) is 5.56 Å². The molecule has 3 aliphatic heterocycles. The van der Waals surface area contributed by atoms with E-state index in [2.05, 4.69) is 0 Å². The molecule has 0 N–H and O–H groups in total. The van der Waals surface area contributed by atoms with Crippen molar-refractivity contribution in [3.63, 3.8) is 0 Å². The Kier molecular flexibility index (Phi) is 2.82. The number of benzene rings is 1. The van der Waals surface area contributed by atoms with Crippen molar-refractivity contribution < 1.29 is 23.7 Å². The van der Waals surface area contributed by atoms with Crippen LogP contribution in [0.1, 0.15) is 11.9 Å². The molecule has 1 aromatic carbocycles. The molecule has 0 radical (unpaired) electrons. The lowest BCUT2D eigenvalue weighted by Crippen LogP contribution is -2.52. The first-order valence-electron chi connectivity index (χ1n) is 6.52. The minimum Gasteiger partial charge on any atom is -0.361 e. The van der Waals surface area contributed by atoms with E-state index >= 15 is 0 Å². The number of hydrogen-bond donors (Lipinski definition) is 0. The summed E-state index contributed by atoms with van der Waals surface area (Å²) in [7, 11) is 1.63. The summed E-state index contributed by atoms with van der Waals surface area (Å²) in [5.74, 6) is 0. The summed E-state index contributed by atoms with van der Waals surface area (Å²) in [6, 6.07) is 9.92. The van der Waals surface area contributed by atoms with Gasteiger partial charge >= 0.3 is 0 Å². The van der Waals surface area contributed by atoms with Crippen molar-refractivity contribution in [2.24, 2.45) is 0 Å². The Morgan fingerprint density at radius 3 is 2.63 bits per heavy atom. The Balaban J connectivity index is 1.50. The molecule has 19 heavy (non-hydrogen) atoms. The van der Waals surface area contributed by atoms with Gasteiger partial charge in [-0.1, -0.05) is 30.3 Å². The maximum absolute atomic E-state index is 6.00. The summed E-state index contributed by atoms with van der Waals surface area (Å²) in [6.45, 7) is 0.497. The molecular weight excluding hydrogens is 248 g/mol. The second-order valence-corrected chi connectivity index (χ2v) is 5.02. The van der Waals surface area contributed by atoms with E-state index in [1.807, 2.05) is 30.3 Å². The fourth-order valence-corrected chi connectivity index (χ4v) is 2.80. The zero-order chi connectivity index (χ0) is 12.8. The highest BCUT2D eigenvalue weighted by Crippen LogP contribution is 2.43. The van der Waals surface area contributed by atoms with Crippen LogP contribution in [0.4, 0.5) is 0 Å². The van der Waals surface area contributed by atoms with Gasteiger partial charge in [0.05, 0.1) is 6.61 Å². The molecule has 5 nitrogen and oxygen atoms in total. The predicted molar refractivity (Wildman–Crippen MR) is 64.3 cm³/mol. The molecule has 0 aliphatic carbocycles. The molecule has 0 saturated carbocycles. The molecule has 0 amide bonds. The van der Waals surface area contributed by atoms with E-state index in [-0.39, 0.29) is 37.0 Å². The number of ether oxygens (including phenoxy) is 5. The van der Waals surface area contributed by atoms with E-state index in [0.29, 0.717) is 6.61 Å². The monoisotopic (exact) mass is 264 g/mol. The summed E-state index contributed by atoms with van der Waals surface area (Å²) < 4.78 is 28.4. The standard InChI is InChI=1S/C14H16O5/c1-15-14-12-11(18-12)10-9(17-14)7-16-13(19-10)8-5-3-2-4-6-8/h2-6,9-14H,7H2,1H3/t9-,10-,11-,12+,13-,14+/m0/s1. The van der Waals surface area contributed by atoms with Gasteiger partial charge in [0, 0.05) is 12.7 Å². The van der Waals surface area contributed by atoms with Crippen molar-refractivity contribution in [1.82, 2.24) is 0 Å². The van der Waals surface area contributed by atoms with E-state index in [4.69, 9.17) is 23.7 Å². The summed E-state index contributed by atoms with van der Waals surface area (Å²) in [4.78, 5) is 0. The highest BCUT2D eigenvalue weighted by atomic mass is 16.8. The lowest BCUT2D eigenvalue weighted by Gasteiger charge is -2.39. The van der Waals surface area contributed by atoms with Crippen LogP contribution in [0.2, 0.25) is 0 Å². The number of rotatable bonds is 2. The Bertz CT molecular complexity index is 450. The van der Waals surface area contributed by atoms with Gasteiger partial charge in [-0.05, 0) is 0 Å². The van der Waals surface area contributed by atoms with Gasteiger partial charge in [-0.15, -0.1) is 0 Å². The largest absolute Gasteiger partial charge is 0.361 e. The number of methoxy groups -OCH3 is 1. The number of hydrogen-bond acceptors (Lipinski definition) is 5. The molecule has 3 saturated heterocycles. The van der Waals surface area contributed by atoms with E-state index in [1.54, 1.807) is 7.11 Å². The first kappa shape index (κ1) is 11.8. The van der Waals surface area contributed by atoms with Gasteiger partial charge in [0.25, 0.3) is 0 Å². The van der Waals surface area contributed by atoms with Crippen LogP contribution in [0, 0.1) is 0 Å². The predicted octanol–water partition coefficient (Wildman–Crippen LogP) is 1.24. The second-order valence-electron chi connectivity index (χ2n) is 5.02. The first-order valence-corrected chi connectivity index (χ1v) is 6.52. The Morgan fingerprint density at radius 2 is 1.84 bits per heavy atom. The average Bonchev–Trinajstić information content (AvgIpc) is 3.27. The minimum atomic E-state index is -0.338. The van der Waals surface area contributed by atoms with E-state index in [9.17, 15) is 0 Å². The number of epoxide rings is 1. The molecule has 0 aromatic heterocycles. The third kappa shape index (κ3) is 1.98. The van der Waals surface area contributed by atoms with Crippen LogP contribution in [0.5, 0.6) is 0 Å². The van der Waals surface area contributed by atoms with Crippen LogP contribution in [0.25, 0.3) is 0 Å². The highest BCUT2D eigenvalue weighted by molar-refractivity contribution is 5.17. The van der Waals surface area contributed by atoms with Crippen LogP contribution in [-0.2, 0) is 23.7 Å². The van der Waals surface area contributed by atoms with E-state index < -0.39 is 0 Å².